The van der Waals surface area contributed by atoms with E-state index < -0.39 is 11.7 Å². The molecule has 0 radical (unpaired) electrons. The fourth-order valence-electron chi connectivity index (χ4n) is 1.82. The number of benzene rings is 2. The highest BCUT2D eigenvalue weighted by Crippen LogP contribution is 2.30. The number of aromatic hydroxyl groups is 2. The third-order valence-electron chi connectivity index (χ3n) is 2.86. The number of hydrogen-bond acceptors (Lipinski definition) is 4. The van der Waals surface area contributed by atoms with Crippen molar-refractivity contribution in [3.8, 4) is 17.2 Å². The van der Waals surface area contributed by atoms with Gasteiger partial charge in [-0.1, -0.05) is 12.1 Å². The number of phenolic OH excluding ortho intramolecular Hbond substituents is 2. The molecule has 3 N–H and O–H groups in total. The number of carbonyl (C=O) groups excluding carboxylic acids is 1. The van der Waals surface area contributed by atoms with Crippen molar-refractivity contribution in [3.05, 3.63) is 47.5 Å². The van der Waals surface area contributed by atoms with Crippen LogP contribution in [0.15, 0.2) is 36.4 Å². The van der Waals surface area contributed by atoms with Crippen molar-refractivity contribution in [1.29, 1.82) is 0 Å². The lowest BCUT2D eigenvalue weighted by Gasteiger charge is -2.12. The second-order valence-electron chi connectivity index (χ2n) is 4.33. The molecule has 0 aromatic heterocycles. The number of anilines is 1. The SMILES string of the molecule is COc1ccc(C)cc1NC(=O)c1cccc(O)c1O. The van der Waals surface area contributed by atoms with Gasteiger partial charge < -0.3 is 20.3 Å². The number of para-hydroxylation sites is 1. The zero-order chi connectivity index (χ0) is 14.7. The molecular weight excluding hydrogens is 258 g/mol. The molecule has 104 valence electrons. The maximum atomic E-state index is 12.1. The third kappa shape index (κ3) is 2.66. The average molecular weight is 273 g/mol. The van der Waals surface area contributed by atoms with Crippen molar-refractivity contribution >= 4 is 11.6 Å². The van der Waals surface area contributed by atoms with Gasteiger partial charge in [0.05, 0.1) is 18.4 Å². The smallest absolute Gasteiger partial charge is 0.259 e. The molecule has 2 aromatic rings. The lowest BCUT2D eigenvalue weighted by molar-refractivity contribution is 0.102. The fourth-order valence-corrected chi connectivity index (χ4v) is 1.82. The summed E-state index contributed by atoms with van der Waals surface area (Å²) in [7, 11) is 1.51. The first-order chi connectivity index (χ1) is 9.52. The van der Waals surface area contributed by atoms with Gasteiger partial charge in [-0.15, -0.1) is 0 Å². The highest BCUT2D eigenvalue weighted by Gasteiger charge is 2.15. The van der Waals surface area contributed by atoms with E-state index in [1.54, 1.807) is 12.1 Å². The Kier molecular flexibility index (Phi) is 3.79. The first kappa shape index (κ1) is 13.7. The lowest BCUT2D eigenvalue weighted by atomic mass is 10.1. The molecule has 0 atom stereocenters. The van der Waals surface area contributed by atoms with Crippen molar-refractivity contribution in [3.63, 3.8) is 0 Å². The summed E-state index contributed by atoms with van der Waals surface area (Å²) in [5.41, 5.74) is 1.45. The van der Waals surface area contributed by atoms with E-state index in [1.807, 2.05) is 13.0 Å². The summed E-state index contributed by atoms with van der Waals surface area (Å²) in [6.45, 7) is 1.89. The second-order valence-corrected chi connectivity index (χ2v) is 4.33. The highest BCUT2D eigenvalue weighted by molar-refractivity contribution is 6.07. The van der Waals surface area contributed by atoms with Gasteiger partial charge in [0.1, 0.15) is 5.75 Å². The predicted octanol–water partition coefficient (Wildman–Crippen LogP) is 2.67. The molecule has 5 heteroatoms. The molecule has 5 nitrogen and oxygen atoms in total. The van der Waals surface area contributed by atoms with Crippen LogP contribution in [0.4, 0.5) is 5.69 Å². The summed E-state index contributed by atoms with van der Waals surface area (Å²) in [4.78, 5) is 12.1. The maximum absolute atomic E-state index is 12.1. The molecule has 2 aromatic carbocycles. The van der Waals surface area contributed by atoms with Gasteiger partial charge in [-0.2, -0.15) is 0 Å². The van der Waals surface area contributed by atoms with Gasteiger partial charge in [-0.3, -0.25) is 4.79 Å². The average Bonchev–Trinajstić information content (AvgIpc) is 2.42. The molecule has 0 saturated carbocycles. The van der Waals surface area contributed by atoms with E-state index >= 15 is 0 Å². The Balaban J connectivity index is 2.32. The van der Waals surface area contributed by atoms with Crippen LogP contribution in [0.25, 0.3) is 0 Å². The van der Waals surface area contributed by atoms with Crippen molar-refractivity contribution < 1.29 is 19.7 Å². The van der Waals surface area contributed by atoms with Gasteiger partial charge in [0.15, 0.2) is 11.5 Å². The van der Waals surface area contributed by atoms with E-state index in [0.717, 1.165) is 5.56 Å². The number of carbonyl (C=O) groups is 1. The van der Waals surface area contributed by atoms with Crippen LogP contribution in [-0.4, -0.2) is 23.2 Å². The molecule has 0 saturated heterocycles. The summed E-state index contributed by atoms with van der Waals surface area (Å²) < 4.78 is 5.16. The van der Waals surface area contributed by atoms with Crippen LogP contribution in [0.5, 0.6) is 17.2 Å². The van der Waals surface area contributed by atoms with Crippen LogP contribution < -0.4 is 10.1 Å². The minimum atomic E-state index is -0.526. The largest absolute Gasteiger partial charge is 0.504 e. The van der Waals surface area contributed by atoms with E-state index in [1.165, 1.54) is 25.3 Å². The van der Waals surface area contributed by atoms with Crippen molar-refractivity contribution in [2.24, 2.45) is 0 Å². The molecule has 0 unspecified atom stereocenters. The number of hydrogen-bond donors (Lipinski definition) is 3. The Hall–Kier alpha value is -2.69. The number of ether oxygens (including phenoxy) is 1. The Morgan fingerprint density at radius 1 is 1.20 bits per heavy atom. The van der Waals surface area contributed by atoms with Gasteiger partial charge in [0.25, 0.3) is 5.91 Å². The molecule has 0 aliphatic rings. The molecule has 2 rings (SSSR count). The summed E-state index contributed by atoms with van der Waals surface area (Å²) in [5, 5.41) is 21.7. The molecule has 0 fully saturated rings. The normalized spacial score (nSPS) is 10.1. The lowest BCUT2D eigenvalue weighted by Crippen LogP contribution is -2.13. The monoisotopic (exact) mass is 273 g/mol. The van der Waals surface area contributed by atoms with Crippen molar-refractivity contribution in [2.45, 2.75) is 6.92 Å². The standard InChI is InChI=1S/C15H15NO4/c1-9-6-7-13(20-2)11(8-9)16-15(19)10-4-3-5-12(17)14(10)18/h3-8,17-18H,1-2H3,(H,16,19). The van der Waals surface area contributed by atoms with Gasteiger partial charge in [0.2, 0.25) is 0 Å². The Morgan fingerprint density at radius 3 is 2.65 bits per heavy atom. The van der Waals surface area contributed by atoms with Gasteiger partial charge in [0, 0.05) is 0 Å². The van der Waals surface area contributed by atoms with Gasteiger partial charge in [-0.05, 0) is 36.8 Å². The minimum absolute atomic E-state index is 0.00596. The summed E-state index contributed by atoms with van der Waals surface area (Å²) in [6.07, 6.45) is 0. The van der Waals surface area contributed by atoms with Crippen LogP contribution in [-0.2, 0) is 0 Å². The zero-order valence-corrected chi connectivity index (χ0v) is 11.2. The molecule has 0 bridgehead atoms. The Morgan fingerprint density at radius 2 is 1.95 bits per heavy atom. The Labute approximate surface area is 116 Å². The summed E-state index contributed by atoms with van der Waals surface area (Å²) >= 11 is 0. The third-order valence-corrected chi connectivity index (χ3v) is 2.86. The summed E-state index contributed by atoms with van der Waals surface area (Å²) in [6, 6.07) is 9.58. The van der Waals surface area contributed by atoms with E-state index in [0.29, 0.717) is 11.4 Å². The molecule has 1 amide bonds. The van der Waals surface area contributed by atoms with E-state index in [9.17, 15) is 15.0 Å². The number of amides is 1. The fraction of sp³-hybridized carbons (Fsp3) is 0.133. The molecule has 0 heterocycles. The number of aryl methyl sites for hydroxylation is 1. The van der Waals surface area contributed by atoms with Crippen LogP contribution >= 0.6 is 0 Å². The topological polar surface area (TPSA) is 78.8 Å². The molecule has 20 heavy (non-hydrogen) atoms. The zero-order valence-electron chi connectivity index (χ0n) is 11.2. The molecule has 0 spiro atoms. The molecular formula is C15H15NO4. The predicted molar refractivity (Wildman–Crippen MR) is 75.5 cm³/mol. The van der Waals surface area contributed by atoms with Crippen molar-refractivity contribution in [2.75, 3.05) is 12.4 Å². The first-order valence-electron chi connectivity index (χ1n) is 6.00. The summed E-state index contributed by atoms with van der Waals surface area (Å²) in [5.74, 6) is -0.795. The van der Waals surface area contributed by atoms with Crippen LogP contribution in [0.1, 0.15) is 15.9 Å². The van der Waals surface area contributed by atoms with Crippen LogP contribution in [0.2, 0.25) is 0 Å². The Bertz CT molecular complexity index is 652. The number of phenols is 2. The highest BCUT2D eigenvalue weighted by atomic mass is 16.5. The van der Waals surface area contributed by atoms with Crippen LogP contribution in [0.3, 0.4) is 0 Å². The molecule has 0 aliphatic carbocycles. The second kappa shape index (κ2) is 5.52. The van der Waals surface area contributed by atoms with Crippen LogP contribution in [0, 0.1) is 6.92 Å². The minimum Gasteiger partial charge on any atom is -0.504 e. The number of rotatable bonds is 3. The number of nitrogens with one attached hydrogen (secondary N) is 1. The molecule has 0 aliphatic heterocycles. The number of methoxy groups -OCH3 is 1. The first-order valence-corrected chi connectivity index (χ1v) is 6.00. The van der Waals surface area contributed by atoms with E-state index in [2.05, 4.69) is 5.32 Å². The van der Waals surface area contributed by atoms with E-state index in [4.69, 9.17) is 4.74 Å². The van der Waals surface area contributed by atoms with Gasteiger partial charge >= 0.3 is 0 Å². The van der Waals surface area contributed by atoms with Gasteiger partial charge in [-0.25, -0.2) is 0 Å². The van der Waals surface area contributed by atoms with Crippen molar-refractivity contribution in [1.82, 2.24) is 0 Å². The van der Waals surface area contributed by atoms with E-state index in [-0.39, 0.29) is 11.3 Å². The maximum Gasteiger partial charge on any atom is 0.259 e. The quantitative estimate of drug-likeness (QED) is 0.751.